The minimum atomic E-state index is -0.465. The lowest BCUT2D eigenvalue weighted by molar-refractivity contribution is -0.116. The molecule has 3 rings (SSSR count). The minimum Gasteiger partial charge on any atom is -0.371 e. The van der Waals surface area contributed by atoms with Gasteiger partial charge in [-0.1, -0.05) is 12.1 Å². The summed E-state index contributed by atoms with van der Waals surface area (Å²) in [6.07, 6.45) is 2.75. The quantitative estimate of drug-likeness (QED) is 0.805. The van der Waals surface area contributed by atoms with E-state index in [1.54, 1.807) is 19.1 Å². The summed E-state index contributed by atoms with van der Waals surface area (Å²) < 4.78 is 5.01. The lowest BCUT2D eigenvalue weighted by Crippen LogP contribution is -2.34. The Bertz CT molecular complexity index is 825. The number of carbonyl (C=O) groups excluding carboxylic acids is 2. The van der Waals surface area contributed by atoms with Gasteiger partial charge in [0.2, 0.25) is 11.8 Å². The van der Waals surface area contributed by atoms with Crippen molar-refractivity contribution in [2.45, 2.75) is 39.5 Å². The van der Waals surface area contributed by atoms with Gasteiger partial charge in [-0.05, 0) is 43.9 Å². The summed E-state index contributed by atoms with van der Waals surface area (Å²) in [6, 6.07) is 5.20. The third-order valence-corrected chi connectivity index (χ3v) is 4.81. The van der Waals surface area contributed by atoms with E-state index in [2.05, 4.69) is 27.3 Å². The number of aromatic nitrogens is 2. The number of rotatable bonds is 6. The summed E-state index contributed by atoms with van der Waals surface area (Å²) in [7, 11) is 0. The van der Waals surface area contributed by atoms with Crippen LogP contribution in [0.25, 0.3) is 0 Å². The van der Waals surface area contributed by atoms with Gasteiger partial charge in [0, 0.05) is 31.6 Å². The number of primary amides is 1. The van der Waals surface area contributed by atoms with E-state index in [4.69, 9.17) is 10.3 Å². The second kappa shape index (κ2) is 8.20. The van der Waals surface area contributed by atoms with Crippen molar-refractivity contribution in [3.8, 4) is 0 Å². The first-order valence-corrected chi connectivity index (χ1v) is 9.20. The van der Waals surface area contributed by atoms with Crippen LogP contribution in [0.5, 0.6) is 0 Å². The Morgan fingerprint density at radius 2 is 2.07 bits per heavy atom. The third kappa shape index (κ3) is 4.84. The Labute approximate surface area is 158 Å². The van der Waals surface area contributed by atoms with Crippen molar-refractivity contribution in [1.29, 1.82) is 0 Å². The van der Waals surface area contributed by atoms with E-state index in [1.807, 2.05) is 6.07 Å². The van der Waals surface area contributed by atoms with E-state index in [9.17, 15) is 9.59 Å². The van der Waals surface area contributed by atoms with Crippen molar-refractivity contribution < 1.29 is 14.1 Å². The highest BCUT2D eigenvalue weighted by molar-refractivity contribution is 6.00. The van der Waals surface area contributed by atoms with Gasteiger partial charge in [-0.3, -0.25) is 9.59 Å². The molecule has 8 nitrogen and oxygen atoms in total. The molecular formula is C19H25N5O3. The molecule has 1 aliphatic rings. The summed E-state index contributed by atoms with van der Waals surface area (Å²) >= 11 is 0. The van der Waals surface area contributed by atoms with Crippen LogP contribution in [0.15, 0.2) is 22.7 Å². The maximum absolute atomic E-state index is 12.2. The SMILES string of the molecule is Cc1noc(CCC(=O)Nc2ccc(C(N)=O)c(N3CCC(C)CC3)c2)n1. The first kappa shape index (κ1) is 18.9. The van der Waals surface area contributed by atoms with Crippen LogP contribution in [0.2, 0.25) is 0 Å². The van der Waals surface area contributed by atoms with Gasteiger partial charge < -0.3 is 20.5 Å². The molecule has 2 aromatic rings. The molecule has 0 spiro atoms. The molecule has 1 fully saturated rings. The van der Waals surface area contributed by atoms with Gasteiger partial charge in [0.1, 0.15) is 0 Å². The maximum atomic E-state index is 12.2. The molecule has 0 aliphatic carbocycles. The van der Waals surface area contributed by atoms with Crippen LogP contribution in [0.4, 0.5) is 11.4 Å². The van der Waals surface area contributed by atoms with Gasteiger partial charge in [0.25, 0.3) is 5.91 Å². The second-order valence-electron chi connectivity index (χ2n) is 7.05. The van der Waals surface area contributed by atoms with Gasteiger partial charge >= 0.3 is 0 Å². The number of aryl methyl sites for hydroxylation is 2. The summed E-state index contributed by atoms with van der Waals surface area (Å²) in [5.41, 5.74) is 7.43. The topological polar surface area (TPSA) is 114 Å². The number of anilines is 2. The van der Waals surface area contributed by atoms with Gasteiger partial charge in [0.05, 0.1) is 11.3 Å². The summed E-state index contributed by atoms with van der Waals surface area (Å²) in [5, 5.41) is 6.57. The van der Waals surface area contributed by atoms with Gasteiger partial charge in [-0.25, -0.2) is 0 Å². The average molecular weight is 371 g/mol. The van der Waals surface area contributed by atoms with Crippen LogP contribution in [0.1, 0.15) is 48.3 Å². The van der Waals surface area contributed by atoms with E-state index in [1.165, 1.54) is 0 Å². The van der Waals surface area contributed by atoms with E-state index in [-0.39, 0.29) is 12.3 Å². The first-order valence-electron chi connectivity index (χ1n) is 9.20. The minimum absolute atomic E-state index is 0.157. The molecule has 0 unspecified atom stereocenters. The lowest BCUT2D eigenvalue weighted by Gasteiger charge is -2.33. The van der Waals surface area contributed by atoms with Crippen molar-refractivity contribution in [3.05, 3.63) is 35.5 Å². The number of nitrogens with one attached hydrogen (secondary N) is 1. The zero-order valence-corrected chi connectivity index (χ0v) is 15.7. The molecule has 1 aromatic carbocycles. The zero-order chi connectivity index (χ0) is 19.4. The lowest BCUT2D eigenvalue weighted by atomic mass is 9.98. The van der Waals surface area contributed by atoms with Gasteiger partial charge in [-0.15, -0.1) is 0 Å². The molecule has 2 heterocycles. The van der Waals surface area contributed by atoms with E-state index in [0.717, 1.165) is 31.6 Å². The first-order chi connectivity index (χ1) is 12.9. The summed E-state index contributed by atoms with van der Waals surface area (Å²) in [6.45, 7) is 5.70. The van der Waals surface area contributed by atoms with Crippen molar-refractivity contribution >= 4 is 23.2 Å². The summed E-state index contributed by atoms with van der Waals surface area (Å²) in [5.74, 6) is 1.04. The Balaban J connectivity index is 1.69. The molecule has 1 saturated heterocycles. The number of hydrogen-bond donors (Lipinski definition) is 2. The molecule has 0 radical (unpaired) electrons. The molecule has 0 atom stereocenters. The van der Waals surface area contributed by atoms with Crippen LogP contribution in [-0.2, 0) is 11.2 Å². The smallest absolute Gasteiger partial charge is 0.250 e. The maximum Gasteiger partial charge on any atom is 0.250 e. The van der Waals surface area contributed by atoms with E-state index < -0.39 is 5.91 Å². The van der Waals surface area contributed by atoms with Crippen molar-refractivity contribution in [1.82, 2.24) is 10.1 Å². The Kier molecular flexibility index (Phi) is 5.73. The fraction of sp³-hybridized carbons (Fsp3) is 0.474. The van der Waals surface area contributed by atoms with E-state index >= 15 is 0 Å². The van der Waals surface area contributed by atoms with Crippen LogP contribution < -0.4 is 16.0 Å². The highest BCUT2D eigenvalue weighted by atomic mass is 16.5. The molecule has 1 aliphatic heterocycles. The number of benzene rings is 1. The van der Waals surface area contributed by atoms with Crippen LogP contribution in [-0.4, -0.2) is 35.0 Å². The molecule has 144 valence electrons. The predicted octanol–water partition coefficient (Wildman–Crippen LogP) is 2.28. The van der Waals surface area contributed by atoms with Gasteiger partial charge in [-0.2, -0.15) is 4.98 Å². The molecule has 2 amide bonds. The monoisotopic (exact) mass is 371 g/mol. The summed E-state index contributed by atoms with van der Waals surface area (Å²) in [4.78, 5) is 30.3. The number of hydrogen-bond acceptors (Lipinski definition) is 6. The van der Waals surface area contributed by atoms with Crippen molar-refractivity contribution in [3.63, 3.8) is 0 Å². The number of nitrogens with zero attached hydrogens (tertiary/aromatic N) is 3. The molecule has 0 saturated carbocycles. The molecule has 1 aromatic heterocycles. The third-order valence-electron chi connectivity index (χ3n) is 4.81. The molecule has 8 heteroatoms. The predicted molar refractivity (Wildman–Crippen MR) is 102 cm³/mol. The fourth-order valence-corrected chi connectivity index (χ4v) is 3.21. The number of piperidine rings is 1. The Morgan fingerprint density at radius 1 is 1.33 bits per heavy atom. The molecule has 0 bridgehead atoms. The normalized spacial score (nSPS) is 15.0. The van der Waals surface area contributed by atoms with Crippen molar-refractivity contribution in [2.75, 3.05) is 23.3 Å². The Morgan fingerprint density at radius 3 is 2.70 bits per heavy atom. The highest BCUT2D eigenvalue weighted by Crippen LogP contribution is 2.29. The number of carbonyl (C=O) groups is 2. The highest BCUT2D eigenvalue weighted by Gasteiger charge is 2.21. The van der Waals surface area contributed by atoms with Crippen LogP contribution in [0.3, 0.4) is 0 Å². The average Bonchev–Trinajstić information content (AvgIpc) is 3.06. The largest absolute Gasteiger partial charge is 0.371 e. The van der Waals surface area contributed by atoms with Crippen molar-refractivity contribution in [2.24, 2.45) is 11.7 Å². The van der Waals surface area contributed by atoms with Crippen LogP contribution >= 0.6 is 0 Å². The zero-order valence-electron chi connectivity index (χ0n) is 15.7. The number of nitrogens with two attached hydrogens (primary N) is 1. The van der Waals surface area contributed by atoms with E-state index in [0.29, 0.717) is 35.3 Å². The fourth-order valence-electron chi connectivity index (χ4n) is 3.21. The molecular weight excluding hydrogens is 346 g/mol. The molecule has 27 heavy (non-hydrogen) atoms. The number of amides is 2. The molecule has 3 N–H and O–H groups in total. The Hall–Kier alpha value is -2.90. The standard InChI is InChI=1S/C19H25N5O3/c1-12-7-9-24(10-8-12)16-11-14(3-4-15(16)19(20)26)22-17(25)5-6-18-21-13(2)23-27-18/h3-4,11-12H,5-10H2,1-2H3,(H2,20,26)(H,22,25). The second-order valence-corrected chi connectivity index (χ2v) is 7.05. The van der Waals surface area contributed by atoms with Crippen LogP contribution in [0, 0.1) is 12.8 Å². The van der Waals surface area contributed by atoms with Gasteiger partial charge in [0.15, 0.2) is 5.82 Å².